The number of ether oxygens (including phenoxy) is 3. The van der Waals surface area contributed by atoms with Crippen molar-refractivity contribution < 1.29 is 23.8 Å². The molecule has 1 saturated heterocycles. The summed E-state index contributed by atoms with van der Waals surface area (Å²) in [7, 11) is 1.52. The lowest BCUT2D eigenvalue weighted by Gasteiger charge is -2.31. The molecule has 33 heavy (non-hydrogen) atoms. The van der Waals surface area contributed by atoms with Crippen molar-refractivity contribution in [2.45, 2.75) is 19.3 Å². The molecule has 2 aromatic carbocycles. The zero-order valence-corrected chi connectivity index (χ0v) is 19.9. The third-order valence-electron chi connectivity index (χ3n) is 5.91. The van der Waals surface area contributed by atoms with Gasteiger partial charge in [-0.1, -0.05) is 23.2 Å². The van der Waals surface area contributed by atoms with Crippen molar-refractivity contribution in [3.63, 3.8) is 0 Å². The molecular weight excluding hydrogens is 467 g/mol. The van der Waals surface area contributed by atoms with Crippen molar-refractivity contribution in [2.24, 2.45) is 5.92 Å². The first-order valence-electron chi connectivity index (χ1n) is 10.9. The van der Waals surface area contributed by atoms with E-state index in [1.54, 1.807) is 23.1 Å². The Morgan fingerprint density at radius 1 is 1.12 bits per heavy atom. The number of piperidine rings is 1. The van der Waals surface area contributed by atoms with E-state index in [-0.39, 0.29) is 17.7 Å². The molecule has 2 heterocycles. The van der Waals surface area contributed by atoms with E-state index < -0.39 is 0 Å². The second-order valence-corrected chi connectivity index (χ2v) is 8.90. The number of methoxy groups -OCH3 is 1. The molecule has 0 aliphatic carbocycles. The van der Waals surface area contributed by atoms with Gasteiger partial charge in [-0.25, -0.2) is 0 Å². The predicted molar refractivity (Wildman–Crippen MR) is 126 cm³/mol. The third kappa shape index (κ3) is 5.47. The number of fused-ring (bicyclic) bond motifs is 1. The van der Waals surface area contributed by atoms with Gasteiger partial charge in [0, 0.05) is 30.6 Å². The van der Waals surface area contributed by atoms with E-state index in [0.717, 1.165) is 5.56 Å². The summed E-state index contributed by atoms with van der Waals surface area (Å²) < 4.78 is 16.4. The highest BCUT2D eigenvalue weighted by Gasteiger charge is 2.29. The minimum Gasteiger partial charge on any atom is -0.496 e. The zero-order chi connectivity index (χ0) is 23.4. The summed E-state index contributed by atoms with van der Waals surface area (Å²) in [6.45, 7) is 2.48. The molecule has 1 N–H and O–H groups in total. The molecule has 0 bridgehead atoms. The predicted octanol–water partition coefficient (Wildman–Crippen LogP) is 3.98. The van der Waals surface area contributed by atoms with Gasteiger partial charge >= 0.3 is 0 Å². The monoisotopic (exact) mass is 492 g/mol. The Morgan fingerprint density at radius 2 is 1.88 bits per heavy atom. The van der Waals surface area contributed by atoms with Crippen molar-refractivity contribution >= 4 is 35.0 Å². The van der Waals surface area contributed by atoms with Crippen LogP contribution in [0.3, 0.4) is 0 Å². The van der Waals surface area contributed by atoms with Crippen LogP contribution in [0.25, 0.3) is 0 Å². The maximum Gasteiger partial charge on any atom is 0.257 e. The Bertz CT molecular complexity index is 1040. The maximum absolute atomic E-state index is 12.9. The van der Waals surface area contributed by atoms with Gasteiger partial charge in [0.15, 0.2) is 11.5 Å². The van der Waals surface area contributed by atoms with Gasteiger partial charge in [0.1, 0.15) is 19.0 Å². The first kappa shape index (κ1) is 23.5. The maximum atomic E-state index is 12.9. The van der Waals surface area contributed by atoms with Crippen LogP contribution in [0.2, 0.25) is 10.0 Å². The molecule has 176 valence electrons. The Labute approximate surface area is 202 Å². The summed E-state index contributed by atoms with van der Waals surface area (Å²) in [5.41, 5.74) is 1.41. The van der Waals surface area contributed by atoms with E-state index in [0.29, 0.717) is 85.0 Å². The molecule has 0 atom stereocenters. The van der Waals surface area contributed by atoms with Crippen LogP contribution in [0.15, 0.2) is 30.3 Å². The summed E-state index contributed by atoms with van der Waals surface area (Å²) in [6, 6.07) is 8.74. The molecule has 0 spiro atoms. The Kier molecular flexibility index (Phi) is 7.50. The highest BCUT2D eigenvalue weighted by atomic mass is 35.5. The van der Waals surface area contributed by atoms with Gasteiger partial charge in [-0.05, 0) is 55.2 Å². The first-order valence-corrected chi connectivity index (χ1v) is 11.7. The Hall–Kier alpha value is -2.64. The summed E-state index contributed by atoms with van der Waals surface area (Å²) in [5.74, 6) is 1.45. The summed E-state index contributed by atoms with van der Waals surface area (Å²) >= 11 is 12.3. The van der Waals surface area contributed by atoms with Gasteiger partial charge in [0.25, 0.3) is 5.91 Å². The van der Waals surface area contributed by atoms with Crippen molar-refractivity contribution in [1.29, 1.82) is 0 Å². The highest BCUT2D eigenvalue weighted by molar-refractivity contribution is 6.32. The number of carbonyl (C=O) groups excluding carboxylic acids is 2. The molecule has 9 heteroatoms. The van der Waals surface area contributed by atoms with E-state index >= 15 is 0 Å². The standard InChI is InChI=1S/C24H26Cl2N2O5/c1-31-20-3-2-17(25)14-18(20)24(30)28-8-5-16(6-9-28)23(29)27-7-4-15-12-19(26)22-21(13-15)32-10-11-33-22/h2-3,12-14,16H,4-11H2,1H3,(H,27,29). The molecule has 2 amide bonds. The topological polar surface area (TPSA) is 77.1 Å². The van der Waals surface area contributed by atoms with Crippen molar-refractivity contribution in [2.75, 3.05) is 40.0 Å². The van der Waals surface area contributed by atoms with Gasteiger partial charge in [0.05, 0.1) is 17.7 Å². The number of likely N-dealkylation sites (tertiary alicyclic amines) is 1. The fourth-order valence-corrected chi connectivity index (χ4v) is 4.61. The molecule has 0 unspecified atom stereocenters. The van der Waals surface area contributed by atoms with Crippen molar-refractivity contribution in [1.82, 2.24) is 10.2 Å². The molecule has 2 aliphatic rings. The summed E-state index contributed by atoms with van der Waals surface area (Å²) in [4.78, 5) is 27.3. The number of nitrogens with zero attached hydrogens (tertiary/aromatic N) is 1. The molecule has 2 aromatic rings. The first-order chi connectivity index (χ1) is 16.0. The van der Waals surface area contributed by atoms with E-state index in [4.69, 9.17) is 37.4 Å². The lowest BCUT2D eigenvalue weighted by molar-refractivity contribution is -0.126. The zero-order valence-electron chi connectivity index (χ0n) is 18.4. The van der Waals surface area contributed by atoms with Gasteiger partial charge in [0.2, 0.25) is 5.91 Å². The summed E-state index contributed by atoms with van der Waals surface area (Å²) in [5, 5.41) is 4.00. The lowest BCUT2D eigenvalue weighted by Crippen LogP contribution is -2.43. The molecule has 2 aliphatic heterocycles. The van der Waals surface area contributed by atoms with E-state index in [1.807, 2.05) is 12.1 Å². The van der Waals surface area contributed by atoms with E-state index in [9.17, 15) is 9.59 Å². The minimum absolute atomic E-state index is 0.00563. The molecule has 7 nitrogen and oxygen atoms in total. The average molecular weight is 493 g/mol. The third-order valence-corrected chi connectivity index (χ3v) is 6.43. The van der Waals surface area contributed by atoms with Gasteiger partial charge in [-0.15, -0.1) is 0 Å². The minimum atomic E-state index is -0.135. The van der Waals surface area contributed by atoms with Gasteiger partial charge in [-0.3, -0.25) is 9.59 Å². The van der Waals surface area contributed by atoms with Crippen LogP contribution in [-0.2, 0) is 11.2 Å². The number of hydrogen-bond donors (Lipinski definition) is 1. The number of benzene rings is 2. The molecular formula is C24H26Cl2N2O5. The molecule has 1 fully saturated rings. The molecule has 0 aromatic heterocycles. The summed E-state index contributed by atoms with van der Waals surface area (Å²) in [6.07, 6.45) is 1.85. The van der Waals surface area contributed by atoms with Crippen LogP contribution >= 0.6 is 23.2 Å². The Balaban J connectivity index is 1.26. The van der Waals surface area contributed by atoms with Crippen LogP contribution in [0.1, 0.15) is 28.8 Å². The lowest BCUT2D eigenvalue weighted by atomic mass is 9.95. The highest BCUT2D eigenvalue weighted by Crippen LogP contribution is 2.38. The molecule has 0 radical (unpaired) electrons. The Morgan fingerprint density at radius 3 is 2.64 bits per heavy atom. The fraction of sp³-hybridized carbons (Fsp3) is 0.417. The SMILES string of the molecule is COc1ccc(Cl)cc1C(=O)N1CCC(C(=O)NCCc2cc(Cl)c3c(c2)OCCO3)CC1. The van der Waals surface area contributed by atoms with Gasteiger partial charge < -0.3 is 24.4 Å². The quantitative estimate of drug-likeness (QED) is 0.659. The van der Waals surface area contributed by atoms with Crippen molar-refractivity contribution in [3.8, 4) is 17.2 Å². The fourth-order valence-electron chi connectivity index (χ4n) is 4.15. The molecule has 4 rings (SSSR count). The average Bonchev–Trinajstić information content (AvgIpc) is 2.83. The van der Waals surface area contributed by atoms with Crippen LogP contribution in [-0.4, -0.2) is 56.7 Å². The number of nitrogens with one attached hydrogen (secondary N) is 1. The largest absolute Gasteiger partial charge is 0.496 e. The normalized spacial score (nSPS) is 15.8. The number of halogens is 2. The van der Waals surface area contributed by atoms with Crippen LogP contribution in [0.5, 0.6) is 17.2 Å². The number of hydrogen-bond acceptors (Lipinski definition) is 5. The van der Waals surface area contributed by atoms with E-state index in [2.05, 4.69) is 5.32 Å². The second kappa shape index (κ2) is 10.5. The van der Waals surface area contributed by atoms with Crippen LogP contribution in [0.4, 0.5) is 0 Å². The number of amides is 2. The second-order valence-electron chi connectivity index (χ2n) is 8.05. The smallest absolute Gasteiger partial charge is 0.257 e. The van der Waals surface area contributed by atoms with E-state index in [1.165, 1.54) is 7.11 Å². The molecule has 0 saturated carbocycles. The number of carbonyl (C=O) groups is 2. The van der Waals surface area contributed by atoms with Crippen LogP contribution < -0.4 is 19.5 Å². The number of rotatable bonds is 6. The van der Waals surface area contributed by atoms with Crippen molar-refractivity contribution in [3.05, 3.63) is 51.5 Å². The van der Waals surface area contributed by atoms with Gasteiger partial charge in [-0.2, -0.15) is 0 Å². The van der Waals surface area contributed by atoms with Crippen LogP contribution in [0, 0.1) is 5.92 Å².